The fraction of sp³-hybridized carbons (Fsp3) is 0.0175. The summed E-state index contributed by atoms with van der Waals surface area (Å²) in [5.41, 5.74) is 20.0. The summed E-state index contributed by atoms with van der Waals surface area (Å²) in [7, 11) is 0. The van der Waals surface area contributed by atoms with Crippen molar-refractivity contribution in [2.75, 3.05) is 0 Å². The molecule has 274 valence electrons. The summed E-state index contributed by atoms with van der Waals surface area (Å²) in [6.07, 6.45) is 0. The third-order valence-electron chi connectivity index (χ3n) is 12.5. The third kappa shape index (κ3) is 5.06. The number of aromatic nitrogens is 2. The molecule has 1 heterocycles. The van der Waals surface area contributed by atoms with E-state index in [1.165, 1.54) is 66.4 Å². The van der Waals surface area contributed by atoms with E-state index in [0.29, 0.717) is 5.82 Å². The van der Waals surface area contributed by atoms with Crippen LogP contribution in [0.15, 0.2) is 218 Å². The van der Waals surface area contributed by atoms with Gasteiger partial charge in [0.15, 0.2) is 5.82 Å². The van der Waals surface area contributed by atoms with Crippen LogP contribution in [-0.4, -0.2) is 9.97 Å². The molecule has 0 atom stereocenters. The van der Waals surface area contributed by atoms with Crippen LogP contribution in [0.2, 0.25) is 0 Å². The maximum absolute atomic E-state index is 5.11. The van der Waals surface area contributed by atoms with E-state index in [0.717, 1.165) is 39.2 Å². The van der Waals surface area contributed by atoms with E-state index in [9.17, 15) is 0 Å². The Labute approximate surface area is 343 Å². The van der Waals surface area contributed by atoms with Gasteiger partial charge in [-0.3, -0.25) is 0 Å². The van der Waals surface area contributed by atoms with E-state index < -0.39 is 5.41 Å². The lowest BCUT2D eigenvalue weighted by molar-refractivity contribution is 0.801. The van der Waals surface area contributed by atoms with Crippen molar-refractivity contribution in [1.29, 1.82) is 0 Å². The molecule has 2 heteroatoms. The molecule has 0 unspecified atom stereocenters. The predicted octanol–water partition coefficient (Wildman–Crippen LogP) is 14.3. The van der Waals surface area contributed by atoms with E-state index in [2.05, 4.69) is 194 Å². The zero-order chi connectivity index (χ0) is 38.9. The van der Waals surface area contributed by atoms with Crippen LogP contribution >= 0.6 is 0 Å². The summed E-state index contributed by atoms with van der Waals surface area (Å²) < 4.78 is 0. The third-order valence-corrected chi connectivity index (χ3v) is 12.5. The Bertz CT molecular complexity index is 3150. The molecule has 9 aromatic carbocycles. The van der Waals surface area contributed by atoms with Gasteiger partial charge in [-0.15, -0.1) is 0 Å². The van der Waals surface area contributed by atoms with Crippen molar-refractivity contribution in [3.8, 4) is 78.4 Å². The maximum Gasteiger partial charge on any atom is 0.160 e. The molecule has 12 rings (SSSR count). The van der Waals surface area contributed by atoms with Gasteiger partial charge in [0.2, 0.25) is 0 Å². The molecule has 10 aromatic rings. The average molecular weight is 749 g/mol. The quantitative estimate of drug-likeness (QED) is 0.175. The van der Waals surface area contributed by atoms with Crippen molar-refractivity contribution >= 4 is 10.8 Å². The second-order valence-electron chi connectivity index (χ2n) is 15.6. The Kier molecular flexibility index (Phi) is 7.48. The number of hydrogen-bond donors (Lipinski definition) is 0. The molecule has 1 spiro atoms. The minimum atomic E-state index is -0.420. The highest BCUT2D eigenvalue weighted by Gasteiger charge is 2.52. The molecular formula is C57H36N2. The molecule has 1 aromatic heterocycles. The highest BCUT2D eigenvalue weighted by Crippen LogP contribution is 2.65. The van der Waals surface area contributed by atoms with Crippen molar-refractivity contribution in [2.24, 2.45) is 0 Å². The van der Waals surface area contributed by atoms with Crippen LogP contribution in [0.4, 0.5) is 0 Å². The van der Waals surface area contributed by atoms with Gasteiger partial charge >= 0.3 is 0 Å². The normalized spacial score (nSPS) is 12.9. The smallest absolute Gasteiger partial charge is 0.160 e. The monoisotopic (exact) mass is 748 g/mol. The first-order valence-corrected chi connectivity index (χ1v) is 20.3. The zero-order valence-corrected chi connectivity index (χ0v) is 32.2. The standard InChI is InChI=1S/C57H36N2/c1-3-16-39(17-4-1)52-36-53(59-56(58-52)40-18-5-2-6-19-40)43-22-15-21-41(34-43)37-30-32-38(33-31-37)48-35-42-20-7-8-23-44(42)55-54(48)47-26-11-14-29-51(47)57(55)49-27-12-9-24-45(49)46-25-10-13-28-50(46)57/h1-36H. The van der Waals surface area contributed by atoms with E-state index in [1.807, 2.05) is 24.3 Å². The summed E-state index contributed by atoms with van der Waals surface area (Å²) in [4.78, 5) is 10.1. The number of fused-ring (bicyclic) bond motifs is 12. The van der Waals surface area contributed by atoms with Gasteiger partial charge in [-0.1, -0.05) is 200 Å². The number of benzene rings is 9. The van der Waals surface area contributed by atoms with Crippen LogP contribution in [0.5, 0.6) is 0 Å². The lowest BCUT2D eigenvalue weighted by Crippen LogP contribution is -2.26. The topological polar surface area (TPSA) is 25.8 Å². The molecule has 0 aliphatic heterocycles. The SMILES string of the molecule is c1ccc(-c2cc(-c3cccc(-c4ccc(-c5cc6ccccc6c6c5-c5ccccc5C65c6ccccc6-c6ccccc65)cc4)c3)nc(-c3ccccc3)n2)cc1. The molecule has 59 heavy (non-hydrogen) atoms. The molecule has 2 nitrogen and oxygen atoms in total. The summed E-state index contributed by atoms with van der Waals surface area (Å²) in [5.74, 6) is 0.715. The van der Waals surface area contributed by atoms with Crippen molar-refractivity contribution < 1.29 is 0 Å². The molecule has 0 radical (unpaired) electrons. The second-order valence-corrected chi connectivity index (χ2v) is 15.6. The molecule has 0 saturated heterocycles. The minimum Gasteiger partial charge on any atom is -0.228 e. The van der Waals surface area contributed by atoms with E-state index in [1.54, 1.807) is 0 Å². The number of nitrogens with zero attached hydrogens (tertiary/aromatic N) is 2. The highest BCUT2D eigenvalue weighted by molar-refractivity contribution is 6.09. The first-order valence-electron chi connectivity index (χ1n) is 20.3. The van der Waals surface area contributed by atoms with Crippen LogP contribution in [0.1, 0.15) is 22.3 Å². The molecule has 0 fully saturated rings. The maximum atomic E-state index is 5.11. The van der Waals surface area contributed by atoms with Crippen molar-refractivity contribution in [2.45, 2.75) is 5.41 Å². The molecule has 2 aliphatic carbocycles. The first kappa shape index (κ1) is 33.5. The van der Waals surface area contributed by atoms with Gasteiger partial charge in [0.05, 0.1) is 16.8 Å². The second kappa shape index (κ2) is 13.2. The van der Waals surface area contributed by atoms with E-state index in [4.69, 9.17) is 9.97 Å². The predicted molar refractivity (Wildman–Crippen MR) is 243 cm³/mol. The number of rotatable bonds is 5. The number of hydrogen-bond acceptors (Lipinski definition) is 2. The lowest BCUT2D eigenvalue weighted by atomic mass is 9.69. The molecule has 0 N–H and O–H groups in total. The van der Waals surface area contributed by atoms with Gasteiger partial charge in [0, 0.05) is 16.7 Å². The van der Waals surface area contributed by atoms with Gasteiger partial charge in [-0.2, -0.15) is 0 Å². The van der Waals surface area contributed by atoms with Gasteiger partial charge in [0.25, 0.3) is 0 Å². The lowest BCUT2D eigenvalue weighted by Gasteiger charge is -2.31. The van der Waals surface area contributed by atoms with Gasteiger partial charge < -0.3 is 0 Å². The summed E-state index contributed by atoms with van der Waals surface area (Å²) in [5, 5.41) is 2.56. The van der Waals surface area contributed by atoms with Crippen LogP contribution in [0.3, 0.4) is 0 Å². The molecule has 2 aliphatic rings. The molecular weight excluding hydrogens is 713 g/mol. The van der Waals surface area contributed by atoms with Gasteiger partial charge in [-0.25, -0.2) is 9.97 Å². The van der Waals surface area contributed by atoms with Crippen molar-refractivity contribution in [3.63, 3.8) is 0 Å². The summed E-state index contributed by atoms with van der Waals surface area (Å²) in [6.45, 7) is 0. The van der Waals surface area contributed by atoms with Crippen LogP contribution in [-0.2, 0) is 5.41 Å². The fourth-order valence-corrected chi connectivity index (χ4v) is 9.97. The van der Waals surface area contributed by atoms with Crippen molar-refractivity contribution in [1.82, 2.24) is 9.97 Å². The largest absolute Gasteiger partial charge is 0.228 e. The van der Waals surface area contributed by atoms with Crippen molar-refractivity contribution in [3.05, 3.63) is 241 Å². The Morgan fingerprint density at radius 1 is 0.305 bits per heavy atom. The van der Waals surface area contributed by atoms with Gasteiger partial charge in [0.1, 0.15) is 0 Å². The summed E-state index contributed by atoms with van der Waals surface area (Å²) >= 11 is 0. The fourth-order valence-electron chi connectivity index (χ4n) is 9.97. The van der Waals surface area contributed by atoms with Crippen LogP contribution < -0.4 is 0 Å². The minimum absolute atomic E-state index is 0.420. The zero-order valence-electron chi connectivity index (χ0n) is 32.2. The van der Waals surface area contributed by atoms with Crippen LogP contribution in [0.25, 0.3) is 89.2 Å². The Morgan fingerprint density at radius 3 is 1.51 bits per heavy atom. The molecule has 0 saturated carbocycles. The summed E-state index contributed by atoms with van der Waals surface area (Å²) in [6, 6.07) is 79.2. The first-order chi connectivity index (χ1) is 29.3. The van der Waals surface area contributed by atoms with E-state index >= 15 is 0 Å². The highest BCUT2D eigenvalue weighted by atomic mass is 14.9. The molecule has 0 bridgehead atoms. The Morgan fingerprint density at radius 2 is 0.814 bits per heavy atom. The average Bonchev–Trinajstić information content (AvgIpc) is 3.80. The van der Waals surface area contributed by atoms with Crippen LogP contribution in [0, 0.1) is 0 Å². The Balaban J connectivity index is 1.00. The van der Waals surface area contributed by atoms with E-state index in [-0.39, 0.29) is 0 Å². The van der Waals surface area contributed by atoms with Gasteiger partial charge in [-0.05, 0) is 95.7 Å². The molecule has 0 amide bonds. The Hall–Kier alpha value is -7.68.